The number of carbonyl (C=O) groups is 3. The highest BCUT2D eigenvalue weighted by Crippen LogP contribution is 2.40. The highest BCUT2D eigenvalue weighted by atomic mass is 16.5. The first kappa shape index (κ1) is 33.7. The maximum Gasteiger partial charge on any atom is 0.405 e. The lowest BCUT2D eigenvalue weighted by Gasteiger charge is -2.37. The zero-order valence-corrected chi connectivity index (χ0v) is 27.6. The van der Waals surface area contributed by atoms with E-state index in [0.29, 0.717) is 0 Å². The molecular weight excluding hydrogens is 560 g/mol. The van der Waals surface area contributed by atoms with E-state index in [1.165, 1.54) is 50.3 Å². The van der Waals surface area contributed by atoms with Gasteiger partial charge in [-0.3, -0.25) is 14.6 Å². The first-order chi connectivity index (χ1) is 20.8. The number of fused-ring (bicyclic) bond motifs is 1. The van der Waals surface area contributed by atoms with E-state index in [4.69, 9.17) is 14.5 Å². The van der Waals surface area contributed by atoms with Crippen LogP contribution >= 0.6 is 0 Å². The van der Waals surface area contributed by atoms with Gasteiger partial charge in [0.15, 0.2) is 12.0 Å². The number of benzene rings is 1. The standard InChI is InChI=1S/C34H52N4O6/c1-21-28(20-38(29(21)22(2)39)31(40)30(34(3,4)5)36-33(41)42)44-32-26(16-10-8-9-13-23-14-11-12-15-23)35-25-18-17-24(43-7)19-27(25)37(32)6/h17-19,21,23,28-30,32,36H,8-16,20H2,1-7H3,(H,41,42)/t21-,28?,29+,30-,32?/m1/s1. The van der Waals surface area contributed by atoms with Crippen LogP contribution in [0.25, 0.3) is 0 Å². The van der Waals surface area contributed by atoms with Crippen molar-refractivity contribution in [2.45, 2.75) is 117 Å². The van der Waals surface area contributed by atoms with Crippen molar-refractivity contribution in [3.05, 3.63) is 18.2 Å². The molecule has 0 radical (unpaired) electrons. The number of unbranched alkanes of at least 4 members (excludes halogenated alkanes) is 2. The second-order valence-corrected chi connectivity index (χ2v) is 14.0. The molecule has 2 fully saturated rings. The monoisotopic (exact) mass is 612 g/mol. The first-order valence-corrected chi connectivity index (χ1v) is 16.3. The van der Waals surface area contributed by atoms with Crippen LogP contribution in [0.2, 0.25) is 0 Å². The van der Waals surface area contributed by atoms with Gasteiger partial charge in [0, 0.05) is 25.6 Å². The van der Waals surface area contributed by atoms with Gasteiger partial charge < -0.3 is 29.7 Å². The largest absolute Gasteiger partial charge is 0.497 e. The minimum atomic E-state index is -1.28. The van der Waals surface area contributed by atoms with E-state index in [1.54, 1.807) is 27.9 Å². The molecule has 10 heteroatoms. The quantitative estimate of drug-likeness (QED) is 0.270. The number of ether oxygens (including phenoxy) is 2. The van der Waals surface area contributed by atoms with Crippen molar-refractivity contribution in [1.29, 1.82) is 0 Å². The average molecular weight is 613 g/mol. The van der Waals surface area contributed by atoms with Crippen LogP contribution in [-0.4, -0.2) is 78.6 Å². The Morgan fingerprint density at radius 3 is 2.45 bits per heavy atom. The molecule has 44 heavy (non-hydrogen) atoms. The summed E-state index contributed by atoms with van der Waals surface area (Å²) in [6.45, 7) is 9.01. The number of amides is 2. The number of carboxylic acid groups (broad SMARTS) is 1. The second kappa shape index (κ2) is 14.3. The Morgan fingerprint density at radius 2 is 1.84 bits per heavy atom. The maximum atomic E-state index is 13.8. The van der Waals surface area contributed by atoms with Gasteiger partial charge in [0.1, 0.15) is 11.8 Å². The fraction of sp³-hybridized carbons (Fsp3) is 0.706. The smallest absolute Gasteiger partial charge is 0.405 e. The molecule has 2 aliphatic heterocycles. The van der Waals surface area contributed by atoms with Crippen LogP contribution in [0, 0.1) is 17.3 Å². The molecule has 5 atom stereocenters. The number of rotatable bonds is 12. The summed E-state index contributed by atoms with van der Waals surface area (Å²) in [4.78, 5) is 47.0. The predicted molar refractivity (Wildman–Crippen MR) is 172 cm³/mol. The molecule has 1 saturated carbocycles. The van der Waals surface area contributed by atoms with Gasteiger partial charge >= 0.3 is 6.09 Å². The lowest BCUT2D eigenvalue weighted by atomic mass is 9.85. The SMILES string of the molecule is COc1ccc2c(c1)N(C)C(OC1CN(C(=O)[C@@H](NC(=O)O)C(C)(C)C)[C@H](C(C)=O)[C@@H]1C)C(CCCCCC1CCCC1)=N2. The van der Waals surface area contributed by atoms with E-state index < -0.39 is 41.8 Å². The summed E-state index contributed by atoms with van der Waals surface area (Å²) in [6, 6.07) is 4.10. The fourth-order valence-electron chi connectivity index (χ4n) is 7.18. The van der Waals surface area contributed by atoms with Crippen LogP contribution in [0.1, 0.15) is 92.4 Å². The lowest BCUT2D eigenvalue weighted by Crippen LogP contribution is -2.56. The van der Waals surface area contributed by atoms with Crippen molar-refractivity contribution in [3.63, 3.8) is 0 Å². The minimum absolute atomic E-state index is 0.150. The van der Waals surface area contributed by atoms with Gasteiger partial charge in [0.2, 0.25) is 5.91 Å². The molecule has 1 aromatic carbocycles. The molecule has 1 aromatic rings. The molecule has 4 rings (SSSR count). The van der Waals surface area contributed by atoms with Crippen molar-refractivity contribution in [1.82, 2.24) is 10.2 Å². The Kier molecular flexibility index (Phi) is 11.0. The van der Waals surface area contributed by atoms with Crippen LogP contribution in [0.4, 0.5) is 16.2 Å². The summed E-state index contributed by atoms with van der Waals surface area (Å²) in [7, 11) is 3.62. The highest BCUT2D eigenvalue weighted by molar-refractivity contribution is 5.98. The minimum Gasteiger partial charge on any atom is -0.497 e. The Morgan fingerprint density at radius 1 is 1.14 bits per heavy atom. The lowest BCUT2D eigenvalue weighted by molar-refractivity contribution is -0.141. The summed E-state index contributed by atoms with van der Waals surface area (Å²) in [5.41, 5.74) is 1.99. The molecule has 2 N–H and O–H groups in total. The number of anilines is 1. The molecule has 2 unspecified atom stereocenters. The Hall–Kier alpha value is -3.14. The van der Waals surface area contributed by atoms with Crippen LogP contribution < -0.4 is 15.0 Å². The third-order valence-electron chi connectivity index (χ3n) is 9.66. The van der Waals surface area contributed by atoms with Gasteiger partial charge in [-0.15, -0.1) is 0 Å². The number of aliphatic imine (C=N–C) groups is 1. The number of hydrogen-bond acceptors (Lipinski definition) is 7. The van der Waals surface area contributed by atoms with Gasteiger partial charge in [-0.05, 0) is 43.2 Å². The Bertz CT molecular complexity index is 1220. The number of ketones is 1. The zero-order valence-electron chi connectivity index (χ0n) is 27.6. The molecule has 0 bridgehead atoms. The van der Waals surface area contributed by atoms with Crippen LogP contribution in [0.5, 0.6) is 5.75 Å². The second-order valence-electron chi connectivity index (χ2n) is 14.0. The number of nitrogens with zero attached hydrogens (tertiary/aromatic N) is 3. The first-order valence-electron chi connectivity index (χ1n) is 16.3. The van der Waals surface area contributed by atoms with E-state index in [1.807, 2.05) is 32.2 Å². The Balaban J connectivity index is 1.55. The van der Waals surface area contributed by atoms with Gasteiger partial charge in [-0.2, -0.15) is 0 Å². The summed E-state index contributed by atoms with van der Waals surface area (Å²) in [5.74, 6) is 0.749. The van der Waals surface area contributed by atoms with Crippen LogP contribution in [0.15, 0.2) is 23.2 Å². The number of nitrogens with one attached hydrogen (secondary N) is 1. The molecular formula is C34H52N4O6. The Labute approximate surface area is 262 Å². The number of carbonyl (C=O) groups excluding carboxylic acids is 2. The topological polar surface area (TPSA) is 121 Å². The number of likely N-dealkylation sites (tertiary alicyclic amines) is 1. The zero-order chi connectivity index (χ0) is 32.2. The summed E-state index contributed by atoms with van der Waals surface area (Å²) < 4.78 is 12.3. The third kappa shape index (κ3) is 7.73. The van der Waals surface area contributed by atoms with Crippen LogP contribution in [0.3, 0.4) is 0 Å². The van der Waals surface area contributed by atoms with Crippen molar-refractivity contribution in [3.8, 4) is 5.75 Å². The predicted octanol–water partition coefficient (Wildman–Crippen LogP) is 6.19. The third-order valence-corrected chi connectivity index (χ3v) is 9.66. The number of methoxy groups -OCH3 is 1. The molecule has 10 nitrogen and oxygen atoms in total. The van der Waals surface area contributed by atoms with Crippen molar-refractivity contribution < 1.29 is 29.0 Å². The van der Waals surface area contributed by atoms with E-state index in [9.17, 15) is 19.5 Å². The van der Waals surface area contributed by atoms with E-state index in [2.05, 4.69) is 10.2 Å². The molecule has 2 amide bonds. The van der Waals surface area contributed by atoms with E-state index in [-0.39, 0.29) is 18.2 Å². The molecule has 1 saturated heterocycles. The van der Waals surface area contributed by atoms with Gasteiger partial charge in [-0.25, -0.2) is 4.79 Å². The molecule has 2 heterocycles. The average Bonchev–Trinajstić information content (AvgIpc) is 3.60. The molecule has 3 aliphatic rings. The number of Topliss-reactive ketones (excluding diaryl/α,β-unsaturated/α-hetero) is 1. The normalized spacial score (nSPS) is 24.6. The van der Waals surface area contributed by atoms with Crippen LogP contribution in [-0.2, 0) is 14.3 Å². The van der Waals surface area contributed by atoms with Gasteiger partial charge in [0.05, 0.1) is 36.3 Å². The van der Waals surface area contributed by atoms with Crippen molar-refractivity contribution in [2.24, 2.45) is 22.2 Å². The molecule has 0 spiro atoms. The van der Waals surface area contributed by atoms with E-state index in [0.717, 1.165) is 48.0 Å². The fourth-order valence-corrected chi connectivity index (χ4v) is 7.18. The van der Waals surface area contributed by atoms with Crippen molar-refractivity contribution in [2.75, 3.05) is 25.6 Å². The van der Waals surface area contributed by atoms with Gasteiger partial charge in [0.25, 0.3) is 0 Å². The highest BCUT2D eigenvalue weighted by Gasteiger charge is 2.49. The summed E-state index contributed by atoms with van der Waals surface area (Å²) in [6.07, 6.45) is 8.75. The van der Waals surface area contributed by atoms with Crippen molar-refractivity contribution >= 4 is 34.9 Å². The summed E-state index contributed by atoms with van der Waals surface area (Å²) in [5, 5.41) is 11.9. The maximum absolute atomic E-state index is 13.8. The summed E-state index contributed by atoms with van der Waals surface area (Å²) >= 11 is 0. The van der Waals surface area contributed by atoms with E-state index >= 15 is 0 Å². The molecule has 244 valence electrons. The van der Waals surface area contributed by atoms with Gasteiger partial charge in [-0.1, -0.05) is 72.6 Å². The number of hydrogen-bond donors (Lipinski definition) is 2. The molecule has 0 aromatic heterocycles. The molecule has 1 aliphatic carbocycles.